The van der Waals surface area contributed by atoms with Gasteiger partial charge in [0.05, 0.1) is 17.3 Å². The third-order valence-corrected chi connectivity index (χ3v) is 2.70. The second-order valence-corrected chi connectivity index (χ2v) is 3.95. The molecule has 1 aromatic heterocycles. The van der Waals surface area contributed by atoms with E-state index in [2.05, 4.69) is 18.1 Å². The van der Waals surface area contributed by atoms with Crippen LogP contribution in [0.1, 0.15) is 5.82 Å². The Balaban J connectivity index is 2.74. The Kier molecular flexibility index (Phi) is 4.45. The maximum atomic E-state index is 11.9. The van der Waals surface area contributed by atoms with Crippen LogP contribution in [-0.4, -0.2) is 47.7 Å². The molecule has 94 valence electrons. The Morgan fingerprint density at radius 3 is 2.65 bits per heavy atom. The van der Waals surface area contributed by atoms with Crippen LogP contribution in [0.25, 0.3) is 13.2 Å². The van der Waals surface area contributed by atoms with E-state index < -0.39 is 0 Å². The van der Waals surface area contributed by atoms with Crippen molar-refractivity contribution in [1.29, 1.82) is 0 Å². The van der Waals surface area contributed by atoms with Crippen LogP contribution >= 0.6 is 0 Å². The van der Waals surface area contributed by atoms with E-state index in [9.17, 15) is 4.79 Å². The second kappa shape index (κ2) is 5.63. The monoisotopic (exact) mass is 237 g/mol. The summed E-state index contributed by atoms with van der Waals surface area (Å²) in [7, 11) is 3.36. The van der Waals surface area contributed by atoms with Crippen molar-refractivity contribution in [2.24, 2.45) is 0 Å². The minimum Gasteiger partial charge on any atom is -0.383 e. The van der Waals surface area contributed by atoms with E-state index in [4.69, 9.17) is 4.74 Å². The molecule has 0 saturated carbocycles. The summed E-state index contributed by atoms with van der Waals surface area (Å²) >= 11 is 0. The van der Waals surface area contributed by atoms with E-state index >= 15 is 0 Å². The zero-order chi connectivity index (χ0) is 13.0. The number of hydrogen-bond donors (Lipinski definition) is 0. The van der Waals surface area contributed by atoms with Crippen LogP contribution in [0.3, 0.4) is 0 Å². The number of nitrogens with zero attached hydrogens (tertiary/aromatic N) is 3. The molecule has 0 aliphatic heterocycles. The number of methoxy groups -OCH3 is 1. The van der Waals surface area contributed by atoms with E-state index in [0.717, 1.165) is 5.82 Å². The Bertz CT molecular complexity index is 493. The van der Waals surface area contributed by atoms with Gasteiger partial charge in [-0.2, -0.15) is 0 Å². The third kappa shape index (κ3) is 3.17. The molecule has 0 aliphatic carbocycles. The summed E-state index contributed by atoms with van der Waals surface area (Å²) in [6.45, 7) is 10.8. The molecule has 0 fully saturated rings. The highest BCUT2D eigenvalue weighted by atomic mass is 16.5. The SMILES string of the molecule is C=c1nc(C)n(CC(=O)N(C)CCOC)c1=C. The van der Waals surface area contributed by atoms with Crippen molar-refractivity contribution >= 4 is 19.1 Å². The number of hydrogen-bond acceptors (Lipinski definition) is 3. The van der Waals surface area contributed by atoms with Gasteiger partial charge in [0.2, 0.25) is 5.91 Å². The number of aromatic nitrogens is 2. The lowest BCUT2D eigenvalue weighted by Crippen LogP contribution is -2.37. The number of imidazole rings is 1. The fourth-order valence-corrected chi connectivity index (χ4v) is 1.49. The van der Waals surface area contributed by atoms with Crippen LogP contribution in [0, 0.1) is 6.92 Å². The average Bonchev–Trinajstić information content (AvgIpc) is 2.52. The first-order valence-electron chi connectivity index (χ1n) is 5.41. The average molecular weight is 237 g/mol. The van der Waals surface area contributed by atoms with Gasteiger partial charge in [0.1, 0.15) is 12.4 Å². The number of carbonyl (C=O) groups is 1. The summed E-state index contributed by atoms with van der Waals surface area (Å²) in [4.78, 5) is 17.7. The van der Waals surface area contributed by atoms with Crippen molar-refractivity contribution in [3.8, 4) is 0 Å². The van der Waals surface area contributed by atoms with Gasteiger partial charge in [0.25, 0.3) is 0 Å². The molecule has 5 heteroatoms. The smallest absolute Gasteiger partial charge is 0.242 e. The molecule has 0 N–H and O–H groups in total. The number of ether oxygens (including phenoxy) is 1. The standard InChI is InChI=1S/C12H19N3O2/c1-9-10(2)15(11(3)13-9)8-12(16)14(4)6-7-17-5/h1-2,6-8H2,3-5H3. The molecule has 0 unspecified atom stereocenters. The minimum absolute atomic E-state index is 0.00690. The molecule has 1 heterocycles. The van der Waals surface area contributed by atoms with Gasteiger partial charge in [-0.15, -0.1) is 0 Å². The molecule has 0 atom stereocenters. The van der Waals surface area contributed by atoms with Gasteiger partial charge < -0.3 is 14.2 Å². The van der Waals surface area contributed by atoms with Crippen LogP contribution in [0.4, 0.5) is 0 Å². The molecule has 0 spiro atoms. The lowest BCUT2D eigenvalue weighted by molar-refractivity contribution is -0.131. The molecule has 1 amide bonds. The predicted octanol–water partition coefficient (Wildman–Crippen LogP) is -0.883. The largest absolute Gasteiger partial charge is 0.383 e. The van der Waals surface area contributed by atoms with Crippen LogP contribution in [0.5, 0.6) is 0 Å². The second-order valence-electron chi connectivity index (χ2n) is 3.95. The lowest BCUT2D eigenvalue weighted by atomic mass is 10.4. The van der Waals surface area contributed by atoms with Gasteiger partial charge >= 0.3 is 0 Å². The van der Waals surface area contributed by atoms with Crippen LogP contribution in [-0.2, 0) is 16.1 Å². The Labute approximate surface area is 101 Å². The molecular weight excluding hydrogens is 218 g/mol. The summed E-state index contributed by atoms with van der Waals surface area (Å²) in [6.07, 6.45) is 0. The summed E-state index contributed by atoms with van der Waals surface area (Å²) in [5, 5.41) is 1.31. The predicted molar refractivity (Wildman–Crippen MR) is 66.8 cm³/mol. The van der Waals surface area contributed by atoms with Crippen molar-refractivity contribution in [1.82, 2.24) is 14.5 Å². The highest BCUT2D eigenvalue weighted by Crippen LogP contribution is 1.92. The van der Waals surface area contributed by atoms with E-state index in [-0.39, 0.29) is 12.5 Å². The Hall–Kier alpha value is -1.62. The minimum atomic E-state index is 0.00690. The van der Waals surface area contributed by atoms with Crippen LogP contribution < -0.4 is 10.7 Å². The molecule has 17 heavy (non-hydrogen) atoms. The Morgan fingerprint density at radius 2 is 2.18 bits per heavy atom. The van der Waals surface area contributed by atoms with Crippen LogP contribution in [0.2, 0.25) is 0 Å². The lowest BCUT2D eigenvalue weighted by Gasteiger charge is -2.17. The number of amides is 1. The van der Waals surface area contributed by atoms with Gasteiger partial charge in [0, 0.05) is 20.7 Å². The molecule has 0 radical (unpaired) electrons. The summed E-state index contributed by atoms with van der Waals surface area (Å²) in [5.41, 5.74) is 0. The number of rotatable bonds is 5. The summed E-state index contributed by atoms with van der Waals surface area (Å²) < 4.78 is 6.70. The van der Waals surface area contributed by atoms with Gasteiger partial charge in [0.15, 0.2) is 0 Å². The highest BCUT2D eigenvalue weighted by Gasteiger charge is 2.11. The molecule has 0 bridgehead atoms. The first-order valence-corrected chi connectivity index (χ1v) is 5.41. The molecule has 0 aliphatic rings. The maximum absolute atomic E-state index is 11.9. The number of aryl methyl sites for hydroxylation is 1. The van der Waals surface area contributed by atoms with E-state index in [1.54, 1.807) is 23.6 Å². The van der Waals surface area contributed by atoms with Crippen molar-refractivity contribution in [3.05, 3.63) is 16.5 Å². The first-order chi connectivity index (χ1) is 7.97. The fourth-order valence-electron chi connectivity index (χ4n) is 1.49. The zero-order valence-corrected chi connectivity index (χ0v) is 10.7. The molecule has 1 aromatic rings. The number of carbonyl (C=O) groups excluding carboxylic acids is 1. The first kappa shape index (κ1) is 13.4. The van der Waals surface area contributed by atoms with E-state index in [1.807, 2.05) is 6.92 Å². The highest BCUT2D eigenvalue weighted by molar-refractivity contribution is 5.75. The van der Waals surface area contributed by atoms with Crippen molar-refractivity contribution < 1.29 is 9.53 Å². The fraction of sp³-hybridized carbons (Fsp3) is 0.500. The molecule has 1 rings (SSSR count). The zero-order valence-electron chi connectivity index (χ0n) is 10.7. The van der Waals surface area contributed by atoms with Gasteiger partial charge in [-0.05, 0) is 6.92 Å². The van der Waals surface area contributed by atoms with Gasteiger partial charge in [-0.25, -0.2) is 4.98 Å². The van der Waals surface area contributed by atoms with Crippen molar-refractivity contribution in [2.75, 3.05) is 27.3 Å². The molecular formula is C12H19N3O2. The van der Waals surface area contributed by atoms with Crippen LogP contribution in [0.15, 0.2) is 0 Å². The molecule has 5 nitrogen and oxygen atoms in total. The maximum Gasteiger partial charge on any atom is 0.242 e. The topological polar surface area (TPSA) is 47.4 Å². The molecule has 0 aromatic carbocycles. The van der Waals surface area contributed by atoms with E-state index in [1.165, 1.54) is 0 Å². The number of likely N-dealkylation sites (N-methyl/N-ethyl adjacent to an activating group) is 1. The normalized spacial score (nSPS) is 10.5. The van der Waals surface area contributed by atoms with Gasteiger partial charge in [-0.1, -0.05) is 13.2 Å². The summed E-state index contributed by atoms with van der Waals surface area (Å²) in [5.74, 6) is 0.765. The quantitative estimate of drug-likeness (QED) is 0.668. The summed E-state index contributed by atoms with van der Waals surface area (Å²) in [6, 6.07) is 0. The van der Waals surface area contributed by atoms with Crippen molar-refractivity contribution in [2.45, 2.75) is 13.5 Å². The van der Waals surface area contributed by atoms with Crippen molar-refractivity contribution in [3.63, 3.8) is 0 Å². The molecule has 0 saturated heterocycles. The third-order valence-electron chi connectivity index (χ3n) is 2.70. The van der Waals surface area contributed by atoms with Gasteiger partial charge in [-0.3, -0.25) is 4.79 Å². The Morgan fingerprint density at radius 1 is 1.53 bits per heavy atom. The van der Waals surface area contributed by atoms with E-state index in [0.29, 0.717) is 23.8 Å².